The maximum atomic E-state index is 12.7. The van der Waals surface area contributed by atoms with Gasteiger partial charge in [0.25, 0.3) is 0 Å². The van der Waals surface area contributed by atoms with Gasteiger partial charge < -0.3 is 0 Å². The van der Waals surface area contributed by atoms with Crippen LogP contribution >= 0.6 is 15.9 Å². The Morgan fingerprint density at radius 3 is 2.50 bits per heavy atom. The Balaban J connectivity index is 1.84. The molecule has 102 valence electrons. The van der Waals surface area contributed by atoms with Crippen LogP contribution < -0.4 is 0 Å². The van der Waals surface area contributed by atoms with Crippen LogP contribution in [0.15, 0.2) is 46.9 Å². The first-order chi connectivity index (χ1) is 9.58. The molecule has 0 spiro atoms. The van der Waals surface area contributed by atoms with Crippen molar-refractivity contribution in [1.29, 1.82) is 0 Å². The molecule has 3 rings (SSSR count). The summed E-state index contributed by atoms with van der Waals surface area (Å²) in [5, 5.41) is 0. The highest BCUT2D eigenvalue weighted by Gasteiger charge is 2.44. The van der Waals surface area contributed by atoms with Crippen molar-refractivity contribution in [2.45, 2.75) is 26.2 Å². The number of halogens is 1. The Bertz CT molecular complexity index is 661. The molecule has 0 aromatic heterocycles. The average molecular weight is 329 g/mol. The van der Waals surface area contributed by atoms with Gasteiger partial charge in [-0.25, -0.2) is 0 Å². The molecular weight excluding hydrogens is 312 g/mol. The third-order valence-electron chi connectivity index (χ3n) is 4.13. The molecule has 1 fully saturated rings. The molecule has 0 saturated heterocycles. The van der Waals surface area contributed by atoms with E-state index in [1.807, 2.05) is 44.2 Å². The summed E-state index contributed by atoms with van der Waals surface area (Å²) in [4.78, 5) is 12.7. The molecule has 2 aromatic carbocycles. The van der Waals surface area contributed by atoms with Gasteiger partial charge in [0.05, 0.1) is 0 Å². The molecule has 0 aliphatic heterocycles. The summed E-state index contributed by atoms with van der Waals surface area (Å²) in [5.74, 6) is 0.871. The van der Waals surface area contributed by atoms with E-state index < -0.39 is 0 Å². The molecule has 1 aliphatic carbocycles. The number of rotatable bonds is 3. The molecule has 1 aliphatic rings. The van der Waals surface area contributed by atoms with Crippen LogP contribution in [0.2, 0.25) is 0 Å². The number of aryl methyl sites for hydroxylation is 2. The maximum absolute atomic E-state index is 12.7. The number of carbonyl (C=O) groups is 1. The lowest BCUT2D eigenvalue weighted by molar-refractivity contribution is 0.0964. The van der Waals surface area contributed by atoms with Crippen molar-refractivity contribution < 1.29 is 4.79 Å². The Hall–Kier alpha value is -1.41. The zero-order valence-corrected chi connectivity index (χ0v) is 13.3. The van der Waals surface area contributed by atoms with Gasteiger partial charge in [-0.05, 0) is 55.0 Å². The molecular formula is C18H17BrO. The second kappa shape index (κ2) is 5.17. The van der Waals surface area contributed by atoms with E-state index >= 15 is 0 Å². The van der Waals surface area contributed by atoms with Crippen LogP contribution in [0.5, 0.6) is 0 Å². The zero-order chi connectivity index (χ0) is 14.3. The third-order valence-corrected chi connectivity index (χ3v) is 4.98. The van der Waals surface area contributed by atoms with Crippen LogP contribution in [-0.2, 0) is 0 Å². The number of hydrogen-bond acceptors (Lipinski definition) is 1. The van der Waals surface area contributed by atoms with E-state index in [1.54, 1.807) is 0 Å². The third kappa shape index (κ3) is 2.45. The highest BCUT2D eigenvalue weighted by Crippen LogP contribution is 2.49. The highest BCUT2D eigenvalue weighted by atomic mass is 79.9. The van der Waals surface area contributed by atoms with Crippen molar-refractivity contribution >= 4 is 21.7 Å². The van der Waals surface area contributed by atoms with Crippen molar-refractivity contribution in [2.24, 2.45) is 5.92 Å². The minimum Gasteiger partial charge on any atom is -0.294 e. The molecule has 20 heavy (non-hydrogen) atoms. The van der Waals surface area contributed by atoms with Gasteiger partial charge >= 0.3 is 0 Å². The monoisotopic (exact) mass is 328 g/mol. The zero-order valence-electron chi connectivity index (χ0n) is 11.7. The Kier molecular flexibility index (Phi) is 3.51. The predicted octanol–water partition coefficient (Wildman–Crippen LogP) is 5.05. The van der Waals surface area contributed by atoms with Crippen LogP contribution in [-0.4, -0.2) is 5.78 Å². The van der Waals surface area contributed by atoms with Crippen molar-refractivity contribution in [3.05, 3.63) is 69.2 Å². The minimum absolute atomic E-state index is 0.164. The number of ketones is 1. The lowest BCUT2D eigenvalue weighted by Gasteiger charge is -2.08. The normalized spacial score (nSPS) is 20.8. The van der Waals surface area contributed by atoms with Gasteiger partial charge in [0.1, 0.15) is 0 Å². The Morgan fingerprint density at radius 1 is 1.10 bits per heavy atom. The molecule has 0 radical (unpaired) electrons. The Morgan fingerprint density at radius 2 is 1.80 bits per heavy atom. The number of hydrogen-bond donors (Lipinski definition) is 0. The first-order valence-corrected chi connectivity index (χ1v) is 7.73. The number of carbonyl (C=O) groups excluding carboxylic acids is 1. The number of Topliss-reactive ketones (excluding diaryl/α,β-unsaturated/α-hetero) is 1. The fourth-order valence-electron chi connectivity index (χ4n) is 2.80. The summed E-state index contributed by atoms with van der Waals surface area (Å²) < 4.78 is 1.07. The molecule has 0 N–H and O–H groups in total. The largest absolute Gasteiger partial charge is 0.294 e. The standard InChI is InChI=1S/C18H17BrO/c1-11-9-17(19)12(2)8-14(11)18(20)16-10-15(16)13-6-4-3-5-7-13/h3-9,15-16H,10H2,1-2H3. The molecule has 2 aromatic rings. The first kappa shape index (κ1) is 13.6. The van der Waals surface area contributed by atoms with E-state index in [2.05, 4.69) is 28.1 Å². The van der Waals surface area contributed by atoms with Gasteiger partial charge in [-0.1, -0.05) is 46.3 Å². The maximum Gasteiger partial charge on any atom is 0.166 e. The van der Waals surface area contributed by atoms with Crippen molar-refractivity contribution in [1.82, 2.24) is 0 Å². The molecule has 2 heteroatoms. The lowest BCUT2D eigenvalue weighted by atomic mass is 9.97. The summed E-state index contributed by atoms with van der Waals surface area (Å²) in [6, 6.07) is 14.4. The summed E-state index contributed by atoms with van der Waals surface area (Å²) in [5.41, 5.74) is 4.36. The van der Waals surface area contributed by atoms with Crippen molar-refractivity contribution in [3.63, 3.8) is 0 Å². The summed E-state index contributed by atoms with van der Waals surface area (Å²) >= 11 is 3.52. The number of benzene rings is 2. The van der Waals surface area contributed by atoms with Crippen LogP contribution in [0.4, 0.5) is 0 Å². The molecule has 2 unspecified atom stereocenters. The van der Waals surface area contributed by atoms with Crippen LogP contribution in [0.1, 0.15) is 39.4 Å². The second-order valence-electron chi connectivity index (χ2n) is 5.64. The minimum atomic E-state index is 0.164. The van der Waals surface area contributed by atoms with E-state index in [9.17, 15) is 4.79 Å². The van der Waals surface area contributed by atoms with Gasteiger partial charge in [-0.15, -0.1) is 0 Å². The van der Waals surface area contributed by atoms with Gasteiger partial charge in [-0.3, -0.25) is 4.79 Å². The van der Waals surface area contributed by atoms with Gasteiger partial charge in [0, 0.05) is 16.0 Å². The second-order valence-corrected chi connectivity index (χ2v) is 6.49. The molecule has 0 bridgehead atoms. The van der Waals surface area contributed by atoms with Gasteiger partial charge in [0.15, 0.2) is 5.78 Å². The summed E-state index contributed by atoms with van der Waals surface area (Å²) in [6.45, 7) is 4.04. The van der Waals surface area contributed by atoms with Gasteiger partial charge in [0.2, 0.25) is 0 Å². The van der Waals surface area contributed by atoms with E-state index in [0.717, 1.165) is 27.6 Å². The Labute approximate surface area is 128 Å². The van der Waals surface area contributed by atoms with E-state index in [1.165, 1.54) is 5.56 Å². The molecule has 0 amide bonds. The quantitative estimate of drug-likeness (QED) is 0.720. The van der Waals surface area contributed by atoms with Crippen molar-refractivity contribution in [2.75, 3.05) is 0 Å². The average Bonchev–Trinajstić information content (AvgIpc) is 3.23. The van der Waals surface area contributed by atoms with Gasteiger partial charge in [-0.2, -0.15) is 0 Å². The first-order valence-electron chi connectivity index (χ1n) is 6.94. The van der Waals surface area contributed by atoms with E-state index in [0.29, 0.717) is 11.7 Å². The molecule has 0 heterocycles. The fourth-order valence-corrected chi connectivity index (χ4v) is 3.26. The predicted molar refractivity (Wildman–Crippen MR) is 85.2 cm³/mol. The lowest BCUT2D eigenvalue weighted by Crippen LogP contribution is -2.06. The summed E-state index contributed by atoms with van der Waals surface area (Å²) in [7, 11) is 0. The van der Waals surface area contributed by atoms with Crippen molar-refractivity contribution in [3.8, 4) is 0 Å². The molecule has 1 nitrogen and oxygen atoms in total. The fraction of sp³-hybridized carbons (Fsp3) is 0.278. The SMILES string of the molecule is Cc1cc(C(=O)C2CC2c2ccccc2)c(C)cc1Br. The summed E-state index contributed by atoms with van der Waals surface area (Å²) in [6.07, 6.45) is 0.984. The smallest absolute Gasteiger partial charge is 0.166 e. The topological polar surface area (TPSA) is 17.1 Å². The molecule has 2 atom stereocenters. The van der Waals surface area contributed by atoms with E-state index in [-0.39, 0.29) is 5.92 Å². The van der Waals surface area contributed by atoms with E-state index in [4.69, 9.17) is 0 Å². The van der Waals surface area contributed by atoms with Crippen LogP contribution in [0.3, 0.4) is 0 Å². The molecule has 1 saturated carbocycles. The highest BCUT2D eigenvalue weighted by molar-refractivity contribution is 9.10. The van der Waals surface area contributed by atoms with Crippen LogP contribution in [0.25, 0.3) is 0 Å². The van der Waals surface area contributed by atoms with Crippen LogP contribution in [0, 0.1) is 19.8 Å².